The van der Waals surface area contributed by atoms with Crippen LogP contribution in [0.5, 0.6) is 5.88 Å². The summed E-state index contributed by atoms with van der Waals surface area (Å²) in [6.45, 7) is 2.17. The van der Waals surface area contributed by atoms with Crippen molar-refractivity contribution in [3.05, 3.63) is 59.3 Å². The Labute approximate surface area is 201 Å². The molecule has 1 aromatic heterocycles. The van der Waals surface area contributed by atoms with Crippen LogP contribution in [0.15, 0.2) is 47.6 Å². The number of guanidine groups is 1. The lowest BCUT2D eigenvalue weighted by molar-refractivity contribution is 0.0827. The monoisotopic (exact) mass is 541 g/mol. The van der Waals surface area contributed by atoms with E-state index in [2.05, 4.69) is 20.6 Å². The number of pyridine rings is 1. The van der Waals surface area contributed by atoms with Crippen LogP contribution in [0.2, 0.25) is 0 Å². The van der Waals surface area contributed by atoms with Gasteiger partial charge in [0.05, 0.1) is 6.61 Å². The van der Waals surface area contributed by atoms with Crippen molar-refractivity contribution in [1.82, 2.24) is 20.5 Å². The molecule has 2 aromatic rings. The van der Waals surface area contributed by atoms with Gasteiger partial charge in [-0.1, -0.05) is 18.2 Å². The van der Waals surface area contributed by atoms with E-state index in [4.69, 9.17) is 9.47 Å². The molecule has 0 saturated heterocycles. The lowest BCUT2D eigenvalue weighted by Crippen LogP contribution is -2.38. The minimum absolute atomic E-state index is 0. The second-order valence-corrected chi connectivity index (χ2v) is 6.81. The van der Waals surface area contributed by atoms with Gasteiger partial charge in [-0.25, -0.2) is 4.98 Å². The van der Waals surface area contributed by atoms with Crippen LogP contribution >= 0.6 is 24.0 Å². The number of rotatable bonds is 10. The maximum atomic E-state index is 12.1. The molecular formula is C22H32IN5O3. The molecule has 0 aliphatic rings. The Morgan fingerprint density at radius 1 is 1.16 bits per heavy atom. The van der Waals surface area contributed by atoms with Crippen molar-refractivity contribution in [3.8, 4) is 5.88 Å². The summed E-state index contributed by atoms with van der Waals surface area (Å²) >= 11 is 0. The molecule has 0 saturated carbocycles. The number of methoxy groups -OCH3 is 1. The number of benzene rings is 1. The molecule has 8 nitrogen and oxygen atoms in total. The smallest absolute Gasteiger partial charge is 0.253 e. The first-order chi connectivity index (χ1) is 14.5. The number of halogens is 1. The van der Waals surface area contributed by atoms with Crippen molar-refractivity contribution in [2.45, 2.75) is 13.0 Å². The van der Waals surface area contributed by atoms with Gasteiger partial charge in [0.25, 0.3) is 5.91 Å². The molecule has 0 aliphatic carbocycles. The van der Waals surface area contributed by atoms with E-state index in [1.807, 2.05) is 36.4 Å². The van der Waals surface area contributed by atoms with Gasteiger partial charge in [-0.15, -0.1) is 24.0 Å². The largest absolute Gasteiger partial charge is 0.475 e. The first-order valence-electron chi connectivity index (χ1n) is 9.86. The van der Waals surface area contributed by atoms with Crippen LogP contribution in [-0.4, -0.2) is 69.8 Å². The Morgan fingerprint density at radius 2 is 1.97 bits per heavy atom. The zero-order chi connectivity index (χ0) is 21.8. The Hall–Kier alpha value is -2.40. The second-order valence-electron chi connectivity index (χ2n) is 6.81. The Balaban J connectivity index is 0.00000480. The summed E-state index contributed by atoms with van der Waals surface area (Å²) in [7, 11) is 6.87. The topological polar surface area (TPSA) is 88.1 Å². The molecule has 0 unspecified atom stereocenters. The molecule has 2 rings (SSSR count). The summed E-state index contributed by atoms with van der Waals surface area (Å²) in [6.07, 6.45) is 2.47. The van der Waals surface area contributed by atoms with Crippen LogP contribution in [0.4, 0.5) is 0 Å². The number of ether oxygens (including phenoxy) is 2. The Bertz CT molecular complexity index is 845. The maximum Gasteiger partial charge on any atom is 0.253 e. The van der Waals surface area contributed by atoms with Crippen molar-refractivity contribution < 1.29 is 14.3 Å². The van der Waals surface area contributed by atoms with E-state index in [0.717, 1.165) is 17.5 Å². The first-order valence-corrected chi connectivity index (χ1v) is 9.86. The highest BCUT2D eigenvalue weighted by atomic mass is 127. The third-order valence-electron chi connectivity index (χ3n) is 4.33. The number of hydrogen-bond acceptors (Lipinski definition) is 5. The van der Waals surface area contributed by atoms with Crippen LogP contribution in [0.25, 0.3) is 0 Å². The number of amides is 1. The van der Waals surface area contributed by atoms with Gasteiger partial charge < -0.3 is 25.0 Å². The van der Waals surface area contributed by atoms with Gasteiger partial charge in [0.15, 0.2) is 5.96 Å². The fraction of sp³-hybridized carbons (Fsp3) is 0.409. The number of carbonyl (C=O) groups is 1. The number of nitrogens with one attached hydrogen (secondary N) is 2. The van der Waals surface area contributed by atoms with Crippen molar-refractivity contribution in [1.29, 1.82) is 0 Å². The highest BCUT2D eigenvalue weighted by Gasteiger charge is 2.09. The molecule has 0 fully saturated rings. The molecule has 2 N–H and O–H groups in total. The molecule has 170 valence electrons. The molecule has 0 bridgehead atoms. The molecule has 0 spiro atoms. The molecular weight excluding hydrogens is 509 g/mol. The van der Waals surface area contributed by atoms with Crippen LogP contribution in [-0.2, 0) is 17.7 Å². The van der Waals surface area contributed by atoms with E-state index in [9.17, 15) is 4.79 Å². The van der Waals surface area contributed by atoms with E-state index < -0.39 is 0 Å². The van der Waals surface area contributed by atoms with Crippen LogP contribution in [0.3, 0.4) is 0 Å². The SMILES string of the molecule is CN=C(NCCc1cccc(C(=O)N(C)C)c1)NCc1cccnc1OCCOC.I. The summed E-state index contributed by atoms with van der Waals surface area (Å²) in [5.74, 6) is 1.27. The van der Waals surface area contributed by atoms with E-state index in [-0.39, 0.29) is 29.9 Å². The molecule has 0 aliphatic heterocycles. The van der Waals surface area contributed by atoms with Gasteiger partial charge in [-0.05, 0) is 30.2 Å². The van der Waals surface area contributed by atoms with Gasteiger partial charge in [0.2, 0.25) is 5.88 Å². The van der Waals surface area contributed by atoms with Crippen LogP contribution < -0.4 is 15.4 Å². The normalized spacial score (nSPS) is 10.8. The Kier molecular flexibility index (Phi) is 12.5. The van der Waals surface area contributed by atoms with Gasteiger partial charge in [0, 0.05) is 58.7 Å². The zero-order valence-electron chi connectivity index (χ0n) is 18.6. The van der Waals surface area contributed by atoms with Gasteiger partial charge >= 0.3 is 0 Å². The van der Waals surface area contributed by atoms with E-state index in [1.165, 1.54) is 0 Å². The van der Waals surface area contributed by atoms with Gasteiger partial charge in [-0.3, -0.25) is 9.79 Å². The fourth-order valence-electron chi connectivity index (χ4n) is 2.75. The fourth-order valence-corrected chi connectivity index (χ4v) is 2.75. The summed E-state index contributed by atoms with van der Waals surface area (Å²) in [5.41, 5.74) is 2.72. The van der Waals surface area contributed by atoms with E-state index in [0.29, 0.717) is 43.7 Å². The first kappa shape index (κ1) is 26.6. The summed E-state index contributed by atoms with van der Waals surface area (Å²) in [6, 6.07) is 11.5. The summed E-state index contributed by atoms with van der Waals surface area (Å²) in [5, 5.41) is 6.57. The maximum absolute atomic E-state index is 12.1. The van der Waals surface area contributed by atoms with Crippen molar-refractivity contribution >= 4 is 35.8 Å². The molecule has 1 heterocycles. The minimum Gasteiger partial charge on any atom is -0.475 e. The van der Waals surface area contributed by atoms with Crippen molar-refractivity contribution in [2.75, 3.05) is 48.0 Å². The number of nitrogens with zero attached hydrogens (tertiary/aromatic N) is 3. The van der Waals surface area contributed by atoms with Gasteiger partial charge in [0.1, 0.15) is 6.61 Å². The zero-order valence-corrected chi connectivity index (χ0v) is 20.9. The molecule has 1 aromatic carbocycles. The van der Waals surface area contributed by atoms with E-state index >= 15 is 0 Å². The predicted octanol–water partition coefficient (Wildman–Crippen LogP) is 2.33. The van der Waals surface area contributed by atoms with Crippen molar-refractivity contribution in [2.24, 2.45) is 4.99 Å². The number of hydrogen-bond donors (Lipinski definition) is 2. The standard InChI is InChI=1S/C22H31N5O3.HI/c1-23-22(26-16-19-9-6-11-24-20(19)30-14-13-29-4)25-12-10-17-7-5-8-18(15-17)21(28)27(2)3;/h5-9,11,15H,10,12-14,16H2,1-4H3,(H2,23,25,26);1H. The highest BCUT2D eigenvalue weighted by molar-refractivity contribution is 14.0. The average molecular weight is 541 g/mol. The molecule has 9 heteroatoms. The number of aliphatic imine (C=N–C) groups is 1. The highest BCUT2D eigenvalue weighted by Crippen LogP contribution is 2.13. The third kappa shape index (κ3) is 9.09. The third-order valence-corrected chi connectivity index (χ3v) is 4.33. The summed E-state index contributed by atoms with van der Waals surface area (Å²) in [4.78, 5) is 22.2. The van der Waals surface area contributed by atoms with Crippen LogP contribution in [0, 0.1) is 0 Å². The number of aromatic nitrogens is 1. The summed E-state index contributed by atoms with van der Waals surface area (Å²) < 4.78 is 10.7. The molecule has 1 amide bonds. The van der Waals surface area contributed by atoms with Crippen LogP contribution in [0.1, 0.15) is 21.5 Å². The average Bonchev–Trinajstić information content (AvgIpc) is 2.76. The molecule has 31 heavy (non-hydrogen) atoms. The molecule has 0 atom stereocenters. The van der Waals surface area contributed by atoms with E-state index in [1.54, 1.807) is 39.3 Å². The van der Waals surface area contributed by atoms with Crippen molar-refractivity contribution in [3.63, 3.8) is 0 Å². The second kappa shape index (κ2) is 14.6. The predicted molar refractivity (Wildman–Crippen MR) is 133 cm³/mol. The lowest BCUT2D eigenvalue weighted by Gasteiger charge is -2.14. The number of carbonyl (C=O) groups excluding carboxylic acids is 1. The Morgan fingerprint density at radius 3 is 2.68 bits per heavy atom. The lowest BCUT2D eigenvalue weighted by atomic mass is 10.1. The molecule has 0 radical (unpaired) electrons. The quantitative estimate of drug-likeness (QED) is 0.208. The minimum atomic E-state index is 0. The van der Waals surface area contributed by atoms with Gasteiger partial charge in [-0.2, -0.15) is 0 Å².